The summed E-state index contributed by atoms with van der Waals surface area (Å²) in [5.74, 6) is 1.34. The molecular weight excluding hydrogens is 226 g/mol. The molecule has 2 atom stereocenters. The molecule has 0 aromatic heterocycles. The molecule has 1 aromatic carbocycles. The van der Waals surface area contributed by atoms with E-state index in [4.69, 9.17) is 4.74 Å². The third-order valence-corrected chi connectivity index (χ3v) is 3.19. The van der Waals surface area contributed by atoms with E-state index in [-0.39, 0.29) is 12.1 Å². The zero-order valence-corrected chi connectivity index (χ0v) is 11.8. The van der Waals surface area contributed by atoms with Crippen molar-refractivity contribution in [3.05, 3.63) is 29.8 Å². The highest BCUT2D eigenvalue weighted by molar-refractivity contribution is 5.29. The molecule has 1 rings (SSSR count). The lowest BCUT2D eigenvalue weighted by Gasteiger charge is -2.24. The molecule has 0 aliphatic rings. The summed E-state index contributed by atoms with van der Waals surface area (Å²) in [5, 5.41) is 13.1. The molecule has 0 heterocycles. The molecule has 3 nitrogen and oxygen atoms in total. The van der Waals surface area contributed by atoms with Gasteiger partial charge < -0.3 is 15.2 Å². The van der Waals surface area contributed by atoms with Crippen molar-refractivity contribution in [2.24, 2.45) is 5.92 Å². The number of benzene rings is 1. The van der Waals surface area contributed by atoms with Crippen LogP contribution in [0.15, 0.2) is 24.3 Å². The molecule has 0 spiro atoms. The predicted octanol–water partition coefficient (Wildman–Crippen LogP) is 2.75. The summed E-state index contributed by atoms with van der Waals surface area (Å²) in [6.07, 6.45) is 0.505. The highest BCUT2D eigenvalue weighted by Gasteiger charge is 2.16. The van der Waals surface area contributed by atoms with Gasteiger partial charge in [0.05, 0.1) is 13.2 Å². The Morgan fingerprint density at radius 1 is 1.22 bits per heavy atom. The summed E-state index contributed by atoms with van der Waals surface area (Å²) in [4.78, 5) is 0. The van der Waals surface area contributed by atoms with Crippen molar-refractivity contribution in [1.29, 1.82) is 0 Å². The van der Waals surface area contributed by atoms with Gasteiger partial charge in [-0.25, -0.2) is 0 Å². The van der Waals surface area contributed by atoms with Crippen LogP contribution in [0.4, 0.5) is 0 Å². The number of methoxy groups -OCH3 is 1. The van der Waals surface area contributed by atoms with Gasteiger partial charge in [-0.2, -0.15) is 0 Å². The number of hydrogen-bond donors (Lipinski definition) is 2. The average Bonchev–Trinajstić information content (AvgIpc) is 2.39. The van der Waals surface area contributed by atoms with Crippen LogP contribution in [0.3, 0.4) is 0 Å². The molecule has 3 heteroatoms. The SMILES string of the molecule is CCC(O)CNC(c1ccc(OC)cc1)C(C)C. The maximum atomic E-state index is 9.64. The summed E-state index contributed by atoms with van der Waals surface area (Å²) in [5.41, 5.74) is 1.23. The van der Waals surface area contributed by atoms with Crippen molar-refractivity contribution in [1.82, 2.24) is 5.32 Å². The lowest BCUT2D eigenvalue weighted by atomic mass is 9.95. The van der Waals surface area contributed by atoms with Crippen LogP contribution in [0.1, 0.15) is 38.8 Å². The van der Waals surface area contributed by atoms with Gasteiger partial charge in [-0.05, 0) is 30.0 Å². The Bertz CT molecular complexity index is 335. The minimum Gasteiger partial charge on any atom is -0.497 e. The van der Waals surface area contributed by atoms with E-state index in [0.717, 1.165) is 12.2 Å². The third-order valence-electron chi connectivity index (χ3n) is 3.19. The number of rotatable bonds is 7. The molecular formula is C15H25NO2. The first-order valence-electron chi connectivity index (χ1n) is 6.63. The van der Waals surface area contributed by atoms with Gasteiger partial charge in [-0.3, -0.25) is 0 Å². The number of ether oxygens (including phenoxy) is 1. The maximum Gasteiger partial charge on any atom is 0.118 e. The van der Waals surface area contributed by atoms with E-state index in [0.29, 0.717) is 12.5 Å². The van der Waals surface area contributed by atoms with Crippen LogP contribution >= 0.6 is 0 Å². The Balaban J connectivity index is 2.71. The van der Waals surface area contributed by atoms with Crippen molar-refractivity contribution in [2.45, 2.75) is 39.3 Å². The van der Waals surface area contributed by atoms with Crippen molar-refractivity contribution in [2.75, 3.05) is 13.7 Å². The van der Waals surface area contributed by atoms with E-state index in [2.05, 4.69) is 31.3 Å². The molecule has 0 radical (unpaired) electrons. The number of nitrogens with one attached hydrogen (secondary N) is 1. The summed E-state index contributed by atoms with van der Waals surface area (Å²) in [7, 11) is 1.67. The minimum absolute atomic E-state index is 0.261. The molecule has 0 saturated heterocycles. The number of hydrogen-bond acceptors (Lipinski definition) is 3. The van der Waals surface area contributed by atoms with Gasteiger partial charge in [0.15, 0.2) is 0 Å². The normalized spacial score (nSPS) is 14.6. The fraction of sp³-hybridized carbons (Fsp3) is 0.600. The molecule has 2 unspecified atom stereocenters. The van der Waals surface area contributed by atoms with Crippen molar-refractivity contribution < 1.29 is 9.84 Å². The average molecular weight is 251 g/mol. The number of aliphatic hydroxyl groups is 1. The van der Waals surface area contributed by atoms with Gasteiger partial charge in [0.25, 0.3) is 0 Å². The van der Waals surface area contributed by atoms with Crippen LogP contribution in [0.25, 0.3) is 0 Å². The monoisotopic (exact) mass is 251 g/mol. The Labute approximate surface area is 110 Å². The van der Waals surface area contributed by atoms with Crippen LogP contribution in [0, 0.1) is 5.92 Å². The standard InChI is InChI=1S/C15H25NO2/c1-5-13(17)10-16-15(11(2)3)12-6-8-14(18-4)9-7-12/h6-9,11,13,15-17H,5,10H2,1-4H3. The van der Waals surface area contributed by atoms with E-state index in [1.807, 2.05) is 19.1 Å². The van der Waals surface area contributed by atoms with Gasteiger partial charge in [-0.1, -0.05) is 32.9 Å². The number of aliphatic hydroxyl groups excluding tert-OH is 1. The Morgan fingerprint density at radius 2 is 1.83 bits per heavy atom. The first-order chi connectivity index (χ1) is 8.58. The second-order valence-corrected chi connectivity index (χ2v) is 4.97. The van der Waals surface area contributed by atoms with Crippen LogP contribution in [0.5, 0.6) is 5.75 Å². The first-order valence-corrected chi connectivity index (χ1v) is 6.63. The smallest absolute Gasteiger partial charge is 0.118 e. The van der Waals surface area contributed by atoms with Gasteiger partial charge >= 0.3 is 0 Å². The Morgan fingerprint density at radius 3 is 2.28 bits per heavy atom. The summed E-state index contributed by atoms with van der Waals surface area (Å²) in [6, 6.07) is 8.37. The van der Waals surface area contributed by atoms with Crippen molar-refractivity contribution in [3.8, 4) is 5.75 Å². The fourth-order valence-corrected chi connectivity index (χ4v) is 1.96. The lowest BCUT2D eigenvalue weighted by Crippen LogP contribution is -2.32. The third kappa shape index (κ3) is 4.31. The predicted molar refractivity (Wildman–Crippen MR) is 74.9 cm³/mol. The summed E-state index contributed by atoms with van der Waals surface area (Å²) < 4.78 is 5.16. The van der Waals surface area contributed by atoms with E-state index in [1.54, 1.807) is 7.11 Å². The molecule has 1 aromatic rings. The van der Waals surface area contributed by atoms with Crippen LogP contribution in [-0.4, -0.2) is 24.9 Å². The van der Waals surface area contributed by atoms with E-state index in [1.165, 1.54) is 5.56 Å². The van der Waals surface area contributed by atoms with E-state index >= 15 is 0 Å². The molecule has 0 saturated carbocycles. The van der Waals surface area contributed by atoms with Crippen LogP contribution < -0.4 is 10.1 Å². The van der Waals surface area contributed by atoms with Crippen LogP contribution in [0.2, 0.25) is 0 Å². The topological polar surface area (TPSA) is 41.5 Å². The summed E-state index contributed by atoms with van der Waals surface area (Å²) in [6.45, 7) is 6.98. The second-order valence-electron chi connectivity index (χ2n) is 4.97. The van der Waals surface area contributed by atoms with Gasteiger partial charge in [0, 0.05) is 12.6 Å². The van der Waals surface area contributed by atoms with Gasteiger partial charge in [0.2, 0.25) is 0 Å². The highest BCUT2D eigenvalue weighted by atomic mass is 16.5. The molecule has 0 fully saturated rings. The largest absolute Gasteiger partial charge is 0.497 e. The highest BCUT2D eigenvalue weighted by Crippen LogP contribution is 2.23. The van der Waals surface area contributed by atoms with E-state index in [9.17, 15) is 5.11 Å². The lowest BCUT2D eigenvalue weighted by molar-refractivity contribution is 0.159. The van der Waals surface area contributed by atoms with Gasteiger partial charge in [-0.15, -0.1) is 0 Å². The molecule has 18 heavy (non-hydrogen) atoms. The van der Waals surface area contributed by atoms with Crippen molar-refractivity contribution >= 4 is 0 Å². The molecule has 0 amide bonds. The van der Waals surface area contributed by atoms with Crippen molar-refractivity contribution in [3.63, 3.8) is 0 Å². The molecule has 2 N–H and O–H groups in total. The molecule has 102 valence electrons. The fourth-order valence-electron chi connectivity index (χ4n) is 1.96. The second kappa shape index (κ2) is 7.39. The zero-order valence-electron chi connectivity index (χ0n) is 11.8. The quantitative estimate of drug-likeness (QED) is 0.783. The van der Waals surface area contributed by atoms with Gasteiger partial charge in [0.1, 0.15) is 5.75 Å². The Kier molecular flexibility index (Phi) is 6.16. The molecule has 0 aliphatic heterocycles. The maximum absolute atomic E-state index is 9.64. The zero-order chi connectivity index (χ0) is 13.5. The summed E-state index contributed by atoms with van der Waals surface area (Å²) >= 11 is 0. The molecule has 0 bridgehead atoms. The van der Waals surface area contributed by atoms with Crippen LogP contribution in [-0.2, 0) is 0 Å². The molecule has 0 aliphatic carbocycles. The first kappa shape index (κ1) is 15.0. The van der Waals surface area contributed by atoms with E-state index < -0.39 is 0 Å². The minimum atomic E-state index is -0.274. The Hall–Kier alpha value is -1.06.